The van der Waals surface area contributed by atoms with Gasteiger partial charge in [0.15, 0.2) is 0 Å². The van der Waals surface area contributed by atoms with E-state index >= 15 is 0 Å². The topological polar surface area (TPSA) is 122 Å². The van der Waals surface area contributed by atoms with Crippen LogP contribution in [-0.4, -0.2) is 33.0 Å². The second-order valence-electron chi connectivity index (χ2n) is 5.03. The Hall–Kier alpha value is -2.35. The minimum absolute atomic E-state index is 0.0925. The van der Waals surface area contributed by atoms with E-state index < -0.39 is 24.1 Å². The molecule has 0 aromatic carbocycles. The standard InChI is InChI=1S/C13H17N5O4/c1-3-4-17-12(20)8(2)6-18(13(17)21)11-5-9(15-16-14)10(7-19)22-11/h3,6,9-11,19H,1,4-5,7H2,2H3/t9?,10-,11-/m1/s1. The van der Waals surface area contributed by atoms with Gasteiger partial charge in [0, 0.05) is 29.6 Å². The van der Waals surface area contributed by atoms with Crippen LogP contribution in [0.1, 0.15) is 18.2 Å². The molecule has 1 aromatic rings. The Morgan fingerprint density at radius 3 is 2.95 bits per heavy atom. The average molecular weight is 307 g/mol. The lowest BCUT2D eigenvalue weighted by Crippen LogP contribution is -2.41. The number of aliphatic hydroxyl groups excluding tert-OH is 1. The number of hydrogen-bond acceptors (Lipinski definition) is 5. The third-order valence-corrected chi connectivity index (χ3v) is 3.57. The maximum Gasteiger partial charge on any atom is 0.333 e. The molecule has 1 saturated heterocycles. The third kappa shape index (κ3) is 2.82. The SMILES string of the molecule is C=CCn1c(=O)c(C)cn([C@H]2CC(N=[N+]=[N-])[C@@H](CO)O2)c1=O. The van der Waals surface area contributed by atoms with E-state index in [1.807, 2.05) is 0 Å². The van der Waals surface area contributed by atoms with Crippen molar-refractivity contribution in [2.45, 2.75) is 38.3 Å². The van der Waals surface area contributed by atoms with Gasteiger partial charge in [0.05, 0.1) is 18.8 Å². The number of azide groups is 1. The van der Waals surface area contributed by atoms with Crippen LogP contribution in [0.3, 0.4) is 0 Å². The molecule has 3 atom stereocenters. The van der Waals surface area contributed by atoms with E-state index in [1.165, 1.54) is 16.8 Å². The molecule has 0 amide bonds. The highest BCUT2D eigenvalue weighted by atomic mass is 16.5. The number of hydrogen-bond donors (Lipinski definition) is 1. The van der Waals surface area contributed by atoms with Gasteiger partial charge in [0.2, 0.25) is 0 Å². The second kappa shape index (κ2) is 6.61. The van der Waals surface area contributed by atoms with Crippen molar-refractivity contribution in [1.82, 2.24) is 9.13 Å². The molecule has 0 bridgehead atoms. The minimum atomic E-state index is -0.699. The summed E-state index contributed by atoms with van der Waals surface area (Å²) in [5.41, 5.74) is 8.02. The Bertz CT molecular complexity index is 731. The number of nitrogens with zero attached hydrogens (tertiary/aromatic N) is 5. The fraction of sp³-hybridized carbons (Fsp3) is 0.538. The van der Waals surface area contributed by atoms with Gasteiger partial charge in [0.25, 0.3) is 5.56 Å². The van der Waals surface area contributed by atoms with Gasteiger partial charge in [-0.25, -0.2) is 4.79 Å². The molecule has 9 heteroatoms. The molecular weight excluding hydrogens is 290 g/mol. The Labute approximate surface area is 125 Å². The number of aliphatic hydroxyl groups is 1. The number of aromatic nitrogens is 2. The molecule has 0 saturated carbocycles. The normalized spacial score (nSPS) is 24.0. The summed E-state index contributed by atoms with van der Waals surface area (Å²) in [7, 11) is 0. The van der Waals surface area contributed by atoms with Gasteiger partial charge in [-0.2, -0.15) is 0 Å². The molecule has 0 aliphatic carbocycles. The summed E-state index contributed by atoms with van der Waals surface area (Å²) in [6, 6.07) is -0.563. The Morgan fingerprint density at radius 1 is 1.64 bits per heavy atom. The van der Waals surface area contributed by atoms with Gasteiger partial charge in [-0.3, -0.25) is 13.9 Å². The maximum absolute atomic E-state index is 12.4. The van der Waals surface area contributed by atoms with Crippen LogP contribution in [-0.2, 0) is 11.3 Å². The number of allylic oxidation sites excluding steroid dienone is 1. The first-order valence-electron chi connectivity index (χ1n) is 6.77. The molecule has 1 aliphatic heterocycles. The van der Waals surface area contributed by atoms with E-state index in [4.69, 9.17) is 10.3 Å². The van der Waals surface area contributed by atoms with Gasteiger partial charge in [-0.05, 0) is 12.5 Å². The predicted octanol–water partition coefficient (Wildman–Crippen LogP) is 0.463. The maximum atomic E-state index is 12.4. The second-order valence-corrected chi connectivity index (χ2v) is 5.03. The smallest absolute Gasteiger partial charge is 0.333 e. The van der Waals surface area contributed by atoms with Crippen LogP contribution in [0.5, 0.6) is 0 Å². The summed E-state index contributed by atoms with van der Waals surface area (Å²) in [6.45, 7) is 4.90. The first-order valence-corrected chi connectivity index (χ1v) is 6.77. The first-order chi connectivity index (χ1) is 10.5. The highest BCUT2D eigenvalue weighted by molar-refractivity contribution is 5.05. The number of ether oxygens (including phenoxy) is 1. The molecule has 22 heavy (non-hydrogen) atoms. The van der Waals surface area contributed by atoms with E-state index in [2.05, 4.69) is 16.6 Å². The predicted molar refractivity (Wildman–Crippen MR) is 78.4 cm³/mol. The van der Waals surface area contributed by atoms with E-state index in [9.17, 15) is 14.7 Å². The van der Waals surface area contributed by atoms with E-state index in [0.717, 1.165) is 4.57 Å². The molecule has 1 aliphatic rings. The number of aryl methyl sites for hydroxylation is 1. The number of rotatable bonds is 5. The van der Waals surface area contributed by atoms with Crippen molar-refractivity contribution in [2.75, 3.05) is 6.61 Å². The van der Waals surface area contributed by atoms with Crippen LogP contribution in [0.2, 0.25) is 0 Å². The quantitative estimate of drug-likeness (QED) is 0.367. The van der Waals surface area contributed by atoms with Crippen molar-refractivity contribution < 1.29 is 9.84 Å². The van der Waals surface area contributed by atoms with E-state index in [0.29, 0.717) is 5.56 Å². The lowest BCUT2D eigenvalue weighted by molar-refractivity contribution is -0.0277. The van der Waals surface area contributed by atoms with Crippen LogP contribution in [0, 0.1) is 6.92 Å². The fourth-order valence-corrected chi connectivity index (χ4v) is 2.49. The molecule has 0 radical (unpaired) electrons. The Kier molecular flexibility index (Phi) is 4.81. The largest absolute Gasteiger partial charge is 0.394 e. The molecule has 1 N–H and O–H groups in total. The van der Waals surface area contributed by atoms with Crippen molar-refractivity contribution >= 4 is 0 Å². The molecule has 2 rings (SSSR count). The minimum Gasteiger partial charge on any atom is -0.394 e. The van der Waals surface area contributed by atoms with Gasteiger partial charge in [-0.1, -0.05) is 11.2 Å². The highest BCUT2D eigenvalue weighted by Gasteiger charge is 2.36. The van der Waals surface area contributed by atoms with E-state index in [1.54, 1.807) is 6.92 Å². The van der Waals surface area contributed by atoms with Crippen LogP contribution < -0.4 is 11.2 Å². The average Bonchev–Trinajstić information content (AvgIpc) is 2.90. The van der Waals surface area contributed by atoms with Gasteiger partial charge in [-0.15, -0.1) is 6.58 Å². The van der Waals surface area contributed by atoms with Crippen molar-refractivity contribution in [3.8, 4) is 0 Å². The first kappa shape index (κ1) is 16.0. The van der Waals surface area contributed by atoms with Crippen LogP contribution in [0.25, 0.3) is 10.4 Å². The molecule has 1 unspecified atom stereocenters. The van der Waals surface area contributed by atoms with Crippen molar-refractivity contribution in [3.05, 3.63) is 55.7 Å². The molecule has 9 nitrogen and oxygen atoms in total. The fourth-order valence-electron chi connectivity index (χ4n) is 2.49. The van der Waals surface area contributed by atoms with Crippen LogP contribution >= 0.6 is 0 Å². The zero-order chi connectivity index (χ0) is 16.3. The summed E-state index contributed by atoms with van der Waals surface area (Å²) >= 11 is 0. The highest BCUT2D eigenvalue weighted by Crippen LogP contribution is 2.29. The van der Waals surface area contributed by atoms with Crippen LogP contribution in [0.15, 0.2) is 33.6 Å². The van der Waals surface area contributed by atoms with Crippen molar-refractivity contribution in [1.29, 1.82) is 0 Å². The van der Waals surface area contributed by atoms with Gasteiger partial charge in [0.1, 0.15) is 6.23 Å². The molecule has 2 heterocycles. The van der Waals surface area contributed by atoms with Gasteiger partial charge < -0.3 is 9.84 Å². The van der Waals surface area contributed by atoms with Crippen molar-refractivity contribution in [2.24, 2.45) is 5.11 Å². The molecular formula is C13H17N5O4. The molecule has 0 spiro atoms. The summed E-state index contributed by atoms with van der Waals surface area (Å²) in [6.07, 6.45) is 1.76. The zero-order valence-corrected chi connectivity index (χ0v) is 12.1. The zero-order valence-electron chi connectivity index (χ0n) is 12.1. The summed E-state index contributed by atoms with van der Waals surface area (Å²) in [5.74, 6) is 0. The Morgan fingerprint density at radius 2 is 2.36 bits per heavy atom. The summed E-state index contributed by atoms with van der Waals surface area (Å²) in [5, 5.41) is 12.8. The summed E-state index contributed by atoms with van der Waals surface area (Å²) in [4.78, 5) is 27.1. The lowest BCUT2D eigenvalue weighted by Gasteiger charge is -2.17. The monoisotopic (exact) mass is 307 g/mol. The molecule has 118 valence electrons. The Balaban J connectivity index is 2.46. The van der Waals surface area contributed by atoms with Crippen LogP contribution in [0.4, 0.5) is 0 Å². The molecule has 1 aromatic heterocycles. The molecule has 1 fully saturated rings. The third-order valence-electron chi connectivity index (χ3n) is 3.57. The van der Waals surface area contributed by atoms with E-state index in [-0.39, 0.29) is 25.1 Å². The van der Waals surface area contributed by atoms with Crippen molar-refractivity contribution in [3.63, 3.8) is 0 Å². The summed E-state index contributed by atoms with van der Waals surface area (Å²) < 4.78 is 7.92. The van der Waals surface area contributed by atoms with Gasteiger partial charge >= 0.3 is 5.69 Å². The lowest BCUT2D eigenvalue weighted by atomic mass is 10.1.